The fraction of sp³-hybridized carbons (Fsp3) is 0.200. The molecule has 0 bridgehead atoms. The maximum Gasteiger partial charge on any atom is 0.573 e. The highest BCUT2D eigenvalue weighted by atomic mass is 32.1. The van der Waals surface area contributed by atoms with Crippen LogP contribution in [0.25, 0.3) is 22.3 Å². The van der Waals surface area contributed by atoms with Crippen molar-refractivity contribution in [3.63, 3.8) is 0 Å². The molecule has 1 amide bonds. The molecule has 3 heterocycles. The highest BCUT2D eigenvalue weighted by molar-refractivity contribution is 7.17. The molecule has 176 valence electrons. The van der Waals surface area contributed by atoms with Crippen molar-refractivity contribution in [3.05, 3.63) is 57.6 Å². The summed E-state index contributed by atoms with van der Waals surface area (Å²) in [6.45, 7) is 3.75. The molecular weight excluding hydrogens is 477 g/mol. The third kappa shape index (κ3) is 4.80. The van der Waals surface area contributed by atoms with Gasteiger partial charge in [0, 0.05) is 17.7 Å². The summed E-state index contributed by atoms with van der Waals surface area (Å²) in [4.78, 5) is 31.7. The number of nitro groups is 1. The minimum absolute atomic E-state index is 0.0861. The smallest absolute Gasteiger partial charge is 0.406 e. The molecule has 0 aliphatic carbocycles. The van der Waals surface area contributed by atoms with Gasteiger partial charge >= 0.3 is 11.4 Å². The van der Waals surface area contributed by atoms with Gasteiger partial charge in [-0.1, -0.05) is 11.3 Å². The lowest BCUT2D eigenvalue weighted by Crippen LogP contribution is -2.17. The lowest BCUT2D eigenvalue weighted by molar-refractivity contribution is -0.380. The molecule has 14 heteroatoms. The largest absolute Gasteiger partial charge is 0.573 e. The summed E-state index contributed by atoms with van der Waals surface area (Å²) in [6, 6.07) is 7.52. The normalized spacial score (nSPS) is 11.7. The molecule has 1 N–H and O–H groups in total. The van der Waals surface area contributed by atoms with Gasteiger partial charge in [-0.2, -0.15) is 10.1 Å². The van der Waals surface area contributed by atoms with Crippen LogP contribution >= 0.6 is 11.3 Å². The van der Waals surface area contributed by atoms with E-state index < -0.39 is 22.9 Å². The molecule has 0 unspecified atom stereocenters. The van der Waals surface area contributed by atoms with E-state index >= 15 is 0 Å². The summed E-state index contributed by atoms with van der Waals surface area (Å²) in [7, 11) is 0. The van der Waals surface area contributed by atoms with E-state index in [1.807, 2.05) is 13.8 Å². The number of benzene rings is 1. The fourth-order valence-corrected chi connectivity index (χ4v) is 3.82. The van der Waals surface area contributed by atoms with Crippen molar-refractivity contribution >= 4 is 39.2 Å². The lowest BCUT2D eigenvalue weighted by atomic mass is 10.1. The van der Waals surface area contributed by atoms with Gasteiger partial charge in [0.25, 0.3) is 5.91 Å². The van der Waals surface area contributed by atoms with Gasteiger partial charge in [-0.15, -0.1) is 13.2 Å². The molecule has 0 saturated heterocycles. The Morgan fingerprint density at radius 1 is 1.18 bits per heavy atom. The molecule has 34 heavy (non-hydrogen) atoms. The zero-order valence-electron chi connectivity index (χ0n) is 17.5. The van der Waals surface area contributed by atoms with Crippen molar-refractivity contribution < 1.29 is 27.6 Å². The Hall–Kier alpha value is -4.07. The van der Waals surface area contributed by atoms with Crippen molar-refractivity contribution in [2.24, 2.45) is 0 Å². The zero-order chi connectivity index (χ0) is 24.6. The number of thiophene rings is 1. The number of nitrogens with one attached hydrogen (secondary N) is 1. The Labute approximate surface area is 193 Å². The highest BCUT2D eigenvalue weighted by Crippen LogP contribution is 2.31. The molecule has 1 aromatic carbocycles. The number of ether oxygens (including phenoxy) is 1. The maximum atomic E-state index is 12.6. The van der Waals surface area contributed by atoms with Crippen LogP contribution in [-0.2, 0) is 0 Å². The average molecular weight is 492 g/mol. The van der Waals surface area contributed by atoms with Crippen LogP contribution in [0.5, 0.6) is 5.75 Å². The van der Waals surface area contributed by atoms with Crippen LogP contribution in [0.15, 0.2) is 42.6 Å². The number of nitrogens with zero attached hydrogens (tertiary/aromatic N) is 5. The Balaban J connectivity index is 1.74. The predicted molar refractivity (Wildman–Crippen MR) is 117 cm³/mol. The minimum atomic E-state index is -4.82. The van der Waals surface area contributed by atoms with E-state index in [0.717, 1.165) is 12.1 Å². The third-order valence-corrected chi connectivity index (χ3v) is 5.56. The van der Waals surface area contributed by atoms with Crippen molar-refractivity contribution in [3.8, 4) is 17.0 Å². The second-order valence-electron chi connectivity index (χ2n) is 7.24. The van der Waals surface area contributed by atoms with Crippen LogP contribution in [0.3, 0.4) is 0 Å². The number of halogens is 3. The Morgan fingerprint density at radius 2 is 1.88 bits per heavy atom. The maximum absolute atomic E-state index is 12.6. The second kappa shape index (κ2) is 8.70. The number of carbonyl (C=O) groups excluding carboxylic acids is 1. The van der Waals surface area contributed by atoms with Crippen LogP contribution in [0, 0.1) is 10.1 Å². The van der Waals surface area contributed by atoms with E-state index in [9.17, 15) is 28.1 Å². The molecule has 0 fully saturated rings. The molecule has 10 nitrogen and oxygen atoms in total. The van der Waals surface area contributed by atoms with Crippen molar-refractivity contribution in [2.45, 2.75) is 26.3 Å². The van der Waals surface area contributed by atoms with Gasteiger partial charge in [0.1, 0.15) is 5.75 Å². The predicted octanol–water partition coefficient (Wildman–Crippen LogP) is 5.19. The summed E-state index contributed by atoms with van der Waals surface area (Å²) in [6.07, 6.45) is -3.30. The van der Waals surface area contributed by atoms with Crippen LogP contribution in [0.4, 0.5) is 24.1 Å². The molecule has 4 rings (SSSR count). The highest BCUT2D eigenvalue weighted by Gasteiger charge is 2.31. The number of amides is 1. The molecule has 0 aliphatic rings. The van der Waals surface area contributed by atoms with Crippen molar-refractivity contribution in [1.82, 2.24) is 19.7 Å². The lowest BCUT2D eigenvalue weighted by Gasteiger charge is -2.11. The van der Waals surface area contributed by atoms with Gasteiger partial charge in [0.15, 0.2) is 5.65 Å². The van der Waals surface area contributed by atoms with Crippen LogP contribution in [-0.4, -0.2) is 36.9 Å². The standard InChI is InChI=1S/C20H15F3N6O4S/c1-10(2)28-17-13(9-24-28)16(11-3-5-12(6-4-11)33-20(21,22)23)25-19(26-17)27-18(30)14-7-8-15(34-14)29(31)32/h3-10H,1-2H3,(H,25,26,27,30). The molecule has 0 spiro atoms. The SMILES string of the molecule is CC(C)n1ncc2c(-c3ccc(OC(F)(F)F)cc3)nc(NC(=O)c3ccc([N+](=O)[O-])s3)nc21. The topological polar surface area (TPSA) is 125 Å². The molecule has 0 radical (unpaired) electrons. The number of anilines is 1. The first-order chi connectivity index (χ1) is 16.0. The number of rotatable bonds is 6. The monoisotopic (exact) mass is 492 g/mol. The molecule has 3 aromatic heterocycles. The Kier molecular flexibility index (Phi) is 5.91. The first kappa shape index (κ1) is 23.1. The molecular formula is C20H15F3N6O4S. The summed E-state index contributed by atoms with van der Waals surface area (Å²) >= 11 is 0.698. The van der Waals surface area contributed by atoms with Crippen molar-refractivity contribution in [1.29, 1.82) is 0 Å². The summed E-state index contributed by atoms with van der Waals surface area (Å²) in [5, 5.41) is 18.0. The number of hydrogen-bond acceptors (Lipinski definition) is 8. The van der Waals surface area contributed by atoms with E-state index in [1.165, 1.54) is 30.5 Å². The van der Waals surface area contributed by atoms with Crippen LogP contribution in [0.1, 0.15) is 29.6 Å². The van der Waals surface area contributed by atoms with Gasteiger partial charge in [-0.25, -0.2) is 9.67 Å². The van der Waals surface area contributed by atoms with Gasteiger partial charge in [0.2, 0.25) is 5.95 Å². The number of hydrogen-bond donors (Lipinski definition) is 1. The van der Waals surface area contributed by atoms with E-state index in [2.05, 4.69) is 25.1 Å². The Bertz CT molecular complexity index is 1380. The number of carbonyl (C=O) groups is 1. The van der Waals surface area contributed by atoms with Gasteiger partial charge in [-0.05, 0) is 44.2 Å². The molecule has 4 aromatic rings. The van der Waals surface area contributed by atoms with Crippen LogP contribution < -0.4 is 10.1 Å². The molecule has 0 saturated carbocycles. The van der Waals surface area contributed by atoms with Gasteiger partial charge < -0.3 is 4.74 Å². The molecule has 0 aliphatic heterocycles. The fourth-order valence-electron chi connectivity index (χ4n) is 3.11. The zero-order valence-corrected chi connectivity index (χ0v) is 18.3. The van der Waals surface area contributed by atoms with E-state index in [1.54, 1.807) is 4.68 Å². The van der Waals surface area contributed by atoms with E-state index in [0.29, 0.717) is 33.6 Å². The number of alkyl halides is 3. The van der Waals surface area contributed by atoms with Gasteiger partial charge in [0.05, 0.1) is 27.1 Å². The first-order valence-electron chi connectivity index (χ1n) is 9.69. The summed E-state index contributed by atoms with van der Waals surface area (Å²) < 4.78 is 43.0. The third-order valence-electron chi connectivity index (χ3n) is 4.53. The average Bonchev–Trinajstić information content (AvgIpc) is 3.40. The van der Waals surface area contributed by atoms with Crippen LogP contribution in [0.2, 0.25) is 0 Å². The molecule has 0 atom stereocenters. The number of fused-ring (bicyclic) bond motifs is 1. The van der Waals surface area contributed by atoms with Crippen molar-refractivity contribution in [2.75, 3.05) is 5.32 Å². The van der Waals surface area contributed by atoms with E-state index in [-0.39, 0.29) is 21.9 Å². The number of aromatic nitrogens is 4. The van der Waals surface area contributed by atoms with Gasteiger partial charge in [-0.3, -0.25) is 20.2 Å². The summed E-state index contributed by atoms with van der Waals surface area (Å²) in [5.41, 5.74) is 1.15. The quantitative estimate of drug-likeness (QED) is 0.290. The second-order valence-corrected chi connectivity index (χ2v) is 8.30. The summed E-state index contributed by atoms with van der Waals surface area (Å²) in [5.74, 6) is -1.14. The Morgan fingerprint density at radius 3 is 2.47 bits per heavy atom. The first-order valence-corrected chi connectivity index (χ1v) is 10.5. The van der Waals surface area contributed by atoms with E-state index in [4.69, 9.17) is 0 Å². The minimum Gasteiger partial charge on any atom is -0.406 e.